The van der Waals surface area contributed by atoms with Crippen molar-refractivity contribution in [2.45, 2.75) is 25.4 Å². The highest BCUT2D eigenvalue weighted by molar-refractivity contribution is 5.53. The second-order valence-electron chi connectivity index (χ2n) is 3.72. The minimum atomic E-state index is -0.849. The lowest BCUT2D eigenvalue weighted by Gasteiger charge is -2.12. The molecule has 0 atom stereocenters. The van der Waals surface area contributed by atoms with E-state index in [2.05, 4.69) is 0 Å². The molecular weight excluding hydrogens is 169 g/mol. The molecule has 13 heavy (non-hydrogen) atoms. The number of nitrogens with two attached hydrogens (primary N) is 1. The average Bonchev–Trinajstić information content (AvgIpc) is 2.77. The van der Waals surface area contributed by atoms with Crippen molar-refractivity contribution < 1.29 is 9.50 Å². The van der Waals surface area contributed by atoms with Crippen molar-refractivity contribution >= 4 is 5.69 Å². The molecule has 3 heteroatoms. The van der Waals surface area contributed by atoms with Gasteiger partial charge >= 0.3 is 0 Å². The zero-order chi connectivity index (χ0) is 9.64. The number of benzene rings is 1. The number of halogens is 1. The van der Waals surface area contributed by atoms with Gasteiger partial charge < -0.3 is 10.8 Å². The zero-order valence-corrected chi connectivity index (χ0v) is 7.47. The van der Waals surface area contributed by atoms with Gasteiger partial charge in [0, 0.05) is 11.3 Å². The second kappa shape index (κ2) is 2.45. The Kier molecular flexibility index (Phi) is 1.60. The number of anilines is 1. The van der Waals surface area contributed by atoms with Crippen LogP contribution in [0, 0.1) is 12.7 Å². The van der Waals surface area contributed by atoms with Gasteiger partial charge in [-0.05, 0) is 37.5 Å². The van der Waals surface area contributed by atoms with E-state index in [1.807, 2.05) is 0 Å². The first-order valence-corrected chi connectivity index (χ1v) is 4.31. The first-order chi connectivity index (χ1) is 6.03. The summed E-state index contributed by atoms with van der Waals surface area (Å²) in [7, 11) is 0. The number of rotatable bonds is 1. The molecule has 0 aromatic heterocycles. The maximum Gasteiger partial charge on any atom is 0.126 e. The molecule has 1 aliphatic carbocycles. The van der Waals surface area contributed by atoms with Gasteiger partial charge in [-0.15, -0.1) is 0 Å². The zero-order valence-electron chi connectivity index (χ0n) is 7.47. The van der Waals surface area contributed by atoms with Crippen LogP contribution in [0.1, 0.15) is 24.0 Å². The molecule has 1 aliphatic rings. The Bertz CT molecular complexity index is 358. The monoisotopic (exact) mass is 181 g/mol. The number of hydrogen-bond donors (Lipinski definition) is 2. The third-order valence-electron chi connectivity index (χ3n) is 2.56. The Hall–Kier alpha value is -1.09. The summed E-state index contributed by atoms with van der Waals surface area (Å²) in [6, 6.07) is 2.92. The Morgan fingerprint density at radius 2 is 2.08 bits per heavy atom. The van der Waals surface area contributed by atoms with Gasteiger partial charge in [-0.2, -0.15) is 0 Å². The van der Waals surface area contributed by atoms with Crippen LogP contribution in [0.15, 0.2) is 12.1 Å². The second-order valence-corrected chi connectivity index (χ2v) is 3.72. The Labute approximate surface area is 76.2 Å². The predicted molar refractivity (Wildman–Crippen MR) is 48.7 cm³/mol. The van der Waals surface area contributed by atoms with Gasteiger partial charge in [0.25, 0.3) is 0 Å². The number of hydrogen-bond acceptors (Lipinski definition) is 2. The van der Waals surface area contributed by atoms with E-state index in [0.717, 1.165) is 0 Å². The van der Waals surface area contributed by atoms with Crippen LogP contribution >= 0.6 is 0 Å². The third-order valence-corrected chi connectivity index (χ3v) is 2.56. The molecule has 0 amide bonds. The summed E-state index contributed by atoms with van der Waals surface area (Å²) in [5, 5.41) is 9.75. The third kappa shape index (κ3) is 1.29. The molecule has 1 saturated carbocycles. The molecule has 0 aliphatic heterocycles. The van der Waals surface area contributed by atoms with Gasteiger partial charge in [0.1, 0.15) is 5.82 Å². The highest BCUT2D eigenvalue weighted by atomic mass is 19.1. The maximum atomic E-state index is 13.2. The van der Waals surface area contributed by atoms with Crippen LogP contribution in [-0.4, -0.2) is 5.11 Å². The molecule has 0 heterocycles. The Morgan fingerprint density at radius 3 is 2.62 bits per heavy atom. The quantitative estimate of drug-likeness (QED) is 0.648. The highest BCUT2D eigenvalue weighted by Gasteiger charge is 2.43. The molecule has 70 valence electrons. The Morgan fingerprint density at radius 1 is 1.46 bits per heavy atom. The summed E-state index contributed by atoms with van der Waals surface area (Å²) in [6.45, 7) is 1.66. The molecule has 1 aromatic rings. The standard InChI is InChI=1S/C10H12FNO/c1-6-4-9(12)7(5-8(6)11)10(13)2-3-10/h4-5,13H,2-3,12H2,1H3. The SMILES string of the molecule is Cc1cc(N)c(C2(O)CC2)cc1F. The first kappa shape index (κ1) is 8.51. The molecular formula is C10H12FNO. The van der Waals surface area contributed by atoms with Crippen LogP contribution in [0.4, 0.5) is 10.1 Å². The molecule has 2 nitrogen and oxygen atoms in total. The summed E-state index contributed by atoms with van der Waals surface area (Å²) >= 11 is 0. The van der Waals surface area contributed by atoms with Gasteiger partial charge in [0.05, 0.1) is 5.60 Å². The highest BCUT2D eigenvalue weighted by Crippen LogP contribution is 2.47. The van der Waals surface area contributed by atoms with Crippen molar-refractivity contribution in [3.63, 3.8) is 0 Å². The lowest BCUT2D eigenvalue weighted by molar-refractivity contribution is 0.152. The summed E-state index contributed by atoms with van der Waals surface area (Å²) in [6.07, 6.45) is 1.36. The van der Waals surface area contributed by atoms with E-state index < -0.39 is 5.60 Å². The van der Waals surface area contributed by atoms with E-state index >= 15 is 0 Å². The molecule has 0 spiro atoms. The van der Waals surface area contributed by atoms with E-state index in [4.69, 9.17) is 5.73 Å². The van der Waals surface area contributed by atoms with Gasteiger partial charge in [-0.25, -0.2) is 4.39 Å². The number of aryl methyl sites for hydroxylation is 1. The van der Waals surface area contributed by atoms with Crippen LogP contribution in [0.2, 0.25) is 0 Å². The van der Waals surface area contributed by atoms with Crippen LogP contribution in [0.3, 0.4) is 0 Å². The minimum absolute atomic E-state index is 0.301. The predicted octanol–water partition coefficient (Wildman–Crippen LogP) is 1.70. The van der Waals surface area contributed by atoms with Crippen LogP contribution in [-0.2, 0) is 5.60 Å². The lowest BCUT2D eigenvalue weighted by Crippen LogP contribution is -2.09. The van der Waals surface area contributed by atoms with E-state index in [1.54, 1.807) is 13.0 Å². The molecule has 0 bridgehead atoms. The molecule has 1 aromatic carbocycles. The minimum Gasteiger partial charge on any atom is -0.398 e. The van der Waals surface area contributed by atoms with Crippen molar-refractivity contribution in [1.29, 1.82) is 0 Å². The Balaban J connectivity index is 2.52. The van der Waals surface area contributed by atoms with Gasteiger partial charge in [0.2, 0.25) is 0 Å². The average molecular weight is 181 g/mol. The van der Waals surface area contributed by atoms with Gasteiger partial charge in [-0.3, -0.25) is 0 Å². The number of nitrogen functional groups attached to an aromatic ring is 1. The van der Waals surface area contributed by atoms with Gasteiger partial charge in [-0.1, -0.05) is 0 Å². The van der Waals surface area contributed by atoms with Crippen molar-refractivity contribution in [3.8, 4) is 0 Å². The smallest absolute Gasteiger partial charge is 0.126 e. The van der Waals surface area contributed by atoms with Crippen molar-refractivity contribution in [2.24, 2.45) is 0 Å². The first-order valence-electron chi connectivity index (χ1n) is 4.31. The molecule has 0 unspecified atom stereocenters. The fourth-order valence-electron chi connectivity index (χ4n) is 1.49. The summed E-state index contributed by atoms with van der Waals surface area (Å²) < 4.78 is 13.2. The fraction of sp³-hybridized carbons (Fsp3) is 0.400. The van der Waals surface area contributed by atoms with E-state index in [9.17, 15) is 9.50 Å². The summed E-state index contributed by atoms with van der Waals surface area (Å²) in [5.41, 5.74) is 6.38. The van der Waals surface area contributed by atoms with E-state index in [0.29, 0.717) is 29.7 Å². The molecule has 2 rings (SSSR count). The summed E-state index contributed by atoms with van der Waals surface area (Å²) in [5.74, 6) is -0.301. The lowest BCUT2D eigenvalue weighted by atomic mass is 10.0. The van der Waals surface area contributed by atoms with E-state index in [1.165, 1.54) is 6.07 Å². The number of aliphatic hydroxyl groups is 1. The maximum absolute atomic E-state index is 13.2. The van der Waals surface area contributed by atoms with Crippen LogP contribution in [0.25, 0.3) is 0 Å². The van der Waals surface area contributed by atoms with Crippen molar-refractivity contribution in [2.75, 3.05) is 5.73 Å². The molecule has 0 saturated heterocycles. The molecule has 0 radical (unpaired) electrons. The summed E-state index contributed by atoms with van der Waals surface area (Å²) in [4.78, 5) is 0. The topological polar surface area (TPSA) is 46.2 Å². The van der Waals surface area contributed by atoms with Crippen molar-refractivity contribution in [1.82, 2.24) is 0 Å². The largest absolute Gasteiger partial charge is 0.398 e. The normalized spacial score (nSPS) is 18.7. The fourth-order valence-corrected chi connectivity index (χ4v) is 1.49. The van der Waals surface area contributed by atoms with E-state index in [-0.39, 0.29) is 5.82 Å². The van der Waals surface area contributed by atoms with Crippen molar-refractivity contribution in [3.05, 3.63) is 29.1 Å². The van der Waals surface area contributed by atoms with Gasteiger partial charge in [0.15, 0.2) is 0 Å². The molecule has 1 fully saturated rings. The van der Waals surface area contributed by atoms with Crippen LogP contribution < -0.4 is 5.73 Å². The van der Waals surface area contributed by atoms with Crippen LogP contribution in [0.5, 0.6) is 0 Å². The molecule has 3 N–H and O–H groups in total.